The number of carbonyl (C=O) groups is 1. The Bertz CT molecular complexity index is 666. The van der Waals surface area contributed by atoms with Crippen LogP contribution in [0, 0.1) is 5.41 Å². The lowest BCUT2D eigenvalue weighted by Gasteiger charge is -2.48. The molecule has 1 aromatic heterocycles. The van der Waals surface area contributed by atoms with Crippen molar-refractivity contribution in [2.24, 2.45) is 5.41 Å². The summed E-state index contributed by atoms with van der Waals surface area (Å²) in [5.74, 6) is 0.240. The van der Waals surface area contributed by atoms with Crippen molar-refractivity contribution in [3.63, 3.8) is 0 Å². The van der Waals surface area contributed by atoms with Gasteiger partial charge in [-0.3, -0.25) is 9.36 Å². The van der Waals surface area contributed by atoms with Crippen molar-refractivity contribution in [1.82, 2.24) is 25.0 Å². The third-order valence-electron chi connectivity index (χ3n) is 5.19. The maximum atomic E-state index is 12.5. The molecule has 0 aliphatic carbocycles. The topological polar surface area (TPSA) is 63.1 Å². The Morgan fingerprint density at radius 3 is 2.30 bits per heavy atom. The normalized spacial score (nSPS) is 19.6. The van der Waals surface area contributed by atoms with E-state index in [4.69, 9.17) is 0 Å². The quantitative estimate of drug-likeness (QED) is 0.919. The number of nitrogens with zero attached hydrogens (tertiary/aromatic N) is 4. The minimum absolute atomic E-state index is 0.240. The summed E-state index contributed by atoms with van der Waals surface area (Å²) in [7, 11) is 0. The Labute approximate surface area is 135 Å². The van der Waals surface area contributed by atoms with Crippen molar-refractivity contribution < 1.29 is 4.79 Å². The number of likely N-dealkylation sites (tertiary alicyclic amines) is 1. The van der Waals surface area contributed by atoms with Crippen LogP contribution in [0.25, 0.3) is 5.69 Å². The lowest BCUT2D eigenvalue weighted by molar-refractivity contribution is -0.133. The fraction of sp³-hybridized carbons (Fsp3) is 0.471. The van der Waals surface area contributed by atoms with E-state index < -0.39 is 0 Å². The van der Waals surface area contributed by atoms with Gasteiger partial charge in [-0.15, -0.1) is 10.2 Å². The van der Waals surface area contributed by atoms with E-state index in [0.29, 0.717) is 11.8 Å². The molecular weight excluding hydrogens is 290 g/mol. The maximum absolute atomic E-state index is 12.5. The molecule has 0 atom stereocenters. The number of aromatic nitrogens is 3. The summed E-state index contributed by atoms with van der Waals surface area (Å²) >= 11 is 0. The SMILES string of the molecule is O=C(Cc1ccc(-n2cnnc2)cc1)N1CCC2(CC1)CNC2. The first kappa shape index (κ1) is 14.4. The van der Waals surface area contributed by atoms with Crippen LogP contribution in [0.5, 0.6) is 0 Å². The van der Waals surface area contributed by atoms with Gasteiger partial charge in [0.2, 0.25) is 5.91 Å². The van der Waals surface area contributed by atoms with E-state index >= 15 is 0 Å². The average molecular weight is 311 g/mol. The van der Waals surface area contributed by atoms with Gasteiger partial charge < -0.3 is 10.2 Å². The zero-order valence-electron chi connectivity index (χ0n) is 13.1. The van der Waals surface area contributed by atoms with Gasteiger partial charge in [-0.1, -0.05) is 12.1 Å². The van der Waals surface area contributed by atoms with Gasteiger partial charge in [-0.2, -0.15) is 0 Å². The van der Waals surface area contributed by atoms with Crippen LogP contribution in [0.1, 0.15) is 18.4 Å². The van der Waals surface area contributed by atoms with Gasteiger partial charge in [-0.25, -0.2) is 0 Å². The summed E-state index contributed by atoms with van der Waals surface area (Å²) in [5.41, 5.74) is 2.54. The first-order valence-corrected chi connectivity index (χ1v) is 8.17. The summed E-state index contributed by atoms with van der Waals surface area (Å²) < 4.78 is 1.85. The molecule has 2 fully saturated rings. The van der Waals surface area contributed by atoms with Gasteiger partial charge in [0.25, 0.3) is 0 Å². The Morgan fingerprint density at radius 2 is 1.74 bits per heavy atom. The van der Waals surface area contributed by atoms with Crippen molar-refractivity contribution in [2.75, 3.05) is 26.2 Å². The standard InChI is InChI=1S/C17H21N5O/c23-16(21-7-5-17(6-8-21)10-18-11-17)9-14-1-3-15(4-2-14)22-12-19-20-13-22/h1-4,12-13,18H,5-11H2. The molecule has 6 heteroatoms. The monoisotopic (exact) mass is 311 g/mol. The molecule has 4 rings (SSSR count). The molecule has 1 aromatic carbocycles. The highest BCUT2D eigenvalue weighted by molar-refractivity contribution is 5.79. The summed E-state index contributed by atoms with van der Waals surface area (Å²) in [4.78, 5) is 14.5. The molecule has 120 valence electrons. The zero-order valence-corrected chi connectivity index (χ0v) is 13.1. The molecule has 2 saturated heterocycles. The number of amides is 1. The van der Waals surface area contributed by atoms with Crippen LogP contribution in [-0.2, 0) is 11.2 Å². The molecule has 1 spiro atoms. The Balaban J connectivity index is 1.35. The predicted molar refractivity (Wildman–Crippen MR) is 86.2 cm³/mol. The van der Waals surface area contributed by atoms with Gasteiger partial charge in [0.1, 0.15) is 12.7 Å². The highest BCUT2D eigenvalue weighted by atomic mass is 16.2. The van der Waals surface area contributed by atoms with Crippen LogP contribution in [0.15, 0.2) is 36.9 Å². The molecule has 1 amide bonds. The van der Waals surface area contributed by atoms with E-state index in [1.165, 1.54) is 0 Å². The summed E-state index contributed by atoms with van der Waals surface area (Å²) in [6.45, 7) is 4.05. The Hall–Kier alpha value is -2.21. The minimum atomic E-state index is 0.240. The van der Waals surface area contributed by atoms with E-state index in [2.05, 4.69) is 15.5 Å². The van der Waals surface area contributed by atoms with Gasteiger partial charge in [-0.05, 0) is 36.0 Å². The highest BCUT2D eigenvalue weighted by Crippen LogP contribution is 2.35. The molecule has 2 aliphatic heterocycles. The second-order valence-corrected chi connectivity index (χ2v) is 6.70. The van der Waals surface area contributed by atoms with Gasteiger partial charge in [0.15, 0.2) is 0 Å². The molecule has 1 N–H and O–H groups in total. The molecule has 0 unspecified atom stereocenters. The molecule has 23 heavy (non-hydrogen) atoms. The third-order valence-corrected chi connectivity index (χ3v) is 5.19. The first-order valence-electron chi connectivity index (χ1n) is 8.17. The maximum Gasteiger partial charge on any atom is 0.226 e. The van der Waals surface area contributed by atoms with Crippen LogP contribution in [0.2, 0.25) is 0 Å². The van der Waals surface area contributed by atoms with Crippen LogP contribution < -0.4 is 5.32 Å². The van der Waals surface area contributed by atoms with E-state index in [1.54, 1.807) is 12.7 Å². The third kappa shape index (κ3) is 2.86. The summed E-state index contributed by atoms with van der Waals surface area (Å²) in [5, 5.41) is 11.0. The molecule has 0 bridgehead atoms. The Kier molecular flexibility index (Phi) is 3.61. The van der Waals surface area contributed by atoms with Crippen LogP contribution >= 0.6 is 0 Å². The number of piperidine rings is 1. The second-order valence-electron chi connectivity index (χ2n) is 6.70. The van der Waals surface area contributed by atoms with Crippen molar-refractivity contribution in [3.8, 4) is 5.69 Å². The molecule has 6 nitrogen and oxygen atoms in total. The summed E-state index contributed by atoms with van der Waals surface area (Å²) in [6, 6.07) is 8.01. The Morgan fingerprint density at radius 1 is 1.09 bits per heavy atom. The minimum Gasteiger partial charge on any atom is -0.342 e. The molecule has 2 aliphatic rings. The molecule has 3 heterocycles. The summed E-state index contributed by atoms with van der Waals surface area (Å²) in [6.07, 6.45) is 6.09. The average Bonchev–Trinajstić information content (AvgIpc) is 3.09. The van der Waals surface area contributed by atoms with Crippen molar-refractivity contribution in [2.45, 2.75) is 19.3 Å². The lowest BCUT2D eigenvalue weighted by Crippen LogP contribution is -2.58. The van der Waals surface area contributed by atoms with Crippen molar-refractivity contribution in [1.29, 1.82) is 0 Å². The number of carbonyl (C=O) groups excluding carboxylic acids is 1. The zero-order chi connectivity index (χ0) is 15.7. The molecular formula is C17H21N5O. The fourth-order valence-electron chi connectivity index (χ4n) is 3.47. The number of nitrogens with one attached hydrogen (secondary N) is 1. The molecule has 0 saturated carbocycles. The van der Waals surface area contributed by atoms with Gasteiger partial charge in [0, 0.05) is 31.9 Å². The molecule has 2 aromatic rings. The second kappa shape index (κ2) is 5.77. The first-order chi connectivity index (χ1) is 11.2. The van der Waals surface area contributed by atoms with Gasteiger partial charge >= 0.3 is 0 Å². The number of hydrogen-bond acceptors (Lipinski definition) is 4. The largest absolute Gasteiger partial charge is 0.342 e. The molecule has 0 radical (unpaired) electrons. The number of rotatable bonds is 3. The van der Waals surface area contributed by atoms with Crippen LogP contribution in [0.3, 0.4) is 0 Å². The van der Waals surface area contributed by atoms with Gasteiger partial charge in [0.05, 0.1) is 6.42 Å². The van der Waals surface area contributed by atoms with Crippen molar-refractivity contribution in [3.05, 3.63) is 42.5 Å². The smallest absolute Gasteiger partial charge is 0.226 e. The fourth-order valence-corrected chi connectivity index (χ4v) is 3.47. The number of hydrogen-bond donors (Lipinski definition) is 1. The van der Waals surface area contributed by atoms with Crippen LogP contribution in [-0.4, -0.2) is 51.8 Å². The van der Waals surface area contributed by atoms with E-state index in [-0.39, 0.29) is 5.91 Å². The van der Waals surface area contributed by atoms with Crippen molar-refractivity contribution >= 4 is 5.91 Å². The predicted octanol–water partition coefficient (Wildman–Crippen LogP) is 1.02. The van der Waals surface area contributed by atoms with E-state index in [0.717, 1.165) is 50.3 Å². The number of benzene rings is 1. The van der Waals surface area contributed by atoms with E-state index in [9.17, 15) is 4.79 Å². The van der Waals surface area contributed by atoms with Crippen LogP contribution in [0.4, 0.5) is 0 Å². The lowest BCUT2D eigenvalue weighted by atomic mass is 9.73. The van der Waals surface area contributed by atoms with E-state index in [1.807, 2.05) is 33.7 Å². The highest BCUT2D eigenvalue weighted by Gasteiger charge is 2.40.